The van der Waals surface area contributed by atoms with E-state index >= 15 is 0 Å². The van der Waals surface area contributed by atoms with E-state index in [2.05, 4.69) is 18.7 Å². The van der Waals surface area contributed by atoms with Gasteiger partial charge >= 0.3 is 0 Å². The molecule has 2 saturated heterocycles. The van der Waals surface area contributed by atoms with Gasteiger partial charge in [-0.3, -0.25) is 9.69 Å². The van der Waals surface area contributed by atoms with Crippen molar-refractivity contribution in [1.29, 1.82) is 0 Å². The molecule has 0 N–H and O–H groups in total. The first-order valence-electron chi connectivity index (χ1n) is 8.44. The first-order chi connectivity index (χ1) is 9.16. The second-order valence-corrected chi connectivity index (χ2v) is 7.02. The molecule has 2 bridgehead atoms. The van der Waals surface area contributed by atoms with Crippen molar-refractivity contribution in [2.75, 3.05) is 6.54 Å². The van der Waals surface area contributed by atoms with Gasteiger partial charge in [0.25, 0.3) is 0 Å². The standard InChI is InChI=1S/C17H31NO/c1-14(2)8-5-3-4-6-11-18-15-9-7-10-16(18)13-17(19)12-15/h14-16H,3-13H2,1-2H3. The molecule has 0 amide bonds. The highest BCUT2D eigenvalue weighted by molar-refractivity contribution is 5.80. The zero-order chi connectivity index (χ0) is 13.7. The average molecular weight is 265 g/mol. The Hall–Kier alpha value is -0.370. The first kappa shape index (κ1) is 15.0. The zero-order valence-corrected chi connectivity index (χ0v) is 12.9. The summed E-state index contributed by atoms with van der Waals surface area (Å²) < 4.78 is 0. The van der Waals surface area contributed by atoms with E-state index in [1.54, 1.807) is 0 Å². The Morgan fingerprint density at radius 2 is 1.68 bits per heavy atom. The number of nitrogens with zero attached hydrogens (tertiary/aromatic N) is 1. The van der Waals surface area contributed by atoms with Gasteiger partial charge < -0.3 is 0 Å². The fraction of sp³-hybridized carbons (Fsp3) is 0.941. The van der Waals surface area contributed by atoms with Crippen molar-refractivity contribution in [1.82, 2.24) is 4.90 Å². The molecule has 2 fully saturated rings. The summed E-state index contributed by atoms with van der Waals surface area (Å²) in [6.07, 6.45) is 12.4. The maximum atomic E-state index is 11.7. The van der Waals surface area contributed by atoms with Crippen LogP contribution in [0.4, 0.5) is 0 Å². The Morgan fingerprint density at radius 3 is 2.32 bits per heavy atom. The number of carbonyl (C=O) groups excluding carboxylic acids is 1. The molecule has 2 rings (SSSR count). The summed E-state index contributed by atoms with van der Waals surface area (Å²) >= 11 is 0. The Kier molecular flexibility index (Phi) is 5.87. The summed E-state index contributed by atoms with van der Waals surface area (Å²) in [6.45, 7) is 5.86. The van der Waals surface area contributed by atoms with Crippen molar-refractivity contribution in [3.63, 3.8) is 0 Å². The lowest BCUT2D eigenvalue weighted by atomic mass is 9.83. The van der Waals surface area contributed by atoms with Crippen LogP contribution in [0.5, 0.6) is 0 Å². The molecule has 2 aliphatic heterocycles. The molecule has 2 atom stereocenters. The van der Waals surface area contributed by atoms with Gasteiger partial charge in [0.15, 0.2) is 0 Å². The van der Waals surface area contributed by atoms with Gasteiger partial charge in [-0.05, 0) is 31.7 Å². The van der Waals surface area contributed by atoms with E-state index in [1.165, 1.54) is 57.9 Å². The van der Waals surface area contributed by atoms with Crippen LogP contribution in [-0.2, 0) is 4.79 Å². The number of rotatable bonds is 7. The molecule has 19 heavy (non-hydrogen) atoms. The third-order valence-corrected chi connectivity index (χ3v) is 4.89. The van der Waals surface area contributed by atoms with E-state index in [0.717, 1.165) is 18.8 Å². The molecule has 2 heterocycles. The summed E-state index contributed by atoms with van der Waals surface area (Å²) in [5.74, 6) is 1.37. The molecular weight excluding hydrogens is 234 g/mol. The van der Waals surface area contributed by atoms with Crippen LogP contribution in [0.25, 0.3) is 0 Å². The second kappa shape index (κ2) is 7.42. The number of fused-ring (bicyclic) bond motifs is 2. The summed E-state index contributed by atoms with van der Waals surface area (Å²) in [4.78, 5) is 14.3. The zero-order valence-electron chi connectivity index (χ0n) is 12.9. The van der Waals surface area contributed by atoms with Crippen LogP contribution < -0.4 is 0 Å². The molecule has 0 spiro atoms. The van der Waals surface area contributed by atoms with Crippen LogP contribution >= 0.6 is 0 Å². The Balaban J connectivity index is 1.64. The maximum absolute atomic E-state index is 11.7. The highest BCUT2D eigenvalue weighted by Crippen LogP contribution is 2.32. The van der Waals surface area contributed by atoms with E-state index in [0.29, 0.717) is 17.9 Å². The Bertz CT molecular complexity index is 271. The highest BCUT2D eigenvalue weighted by Gasteiger charge is 2.36. The average Bonchev–Trinajstić information content (AvgIpc) is 2.33. The predicted molar refractivity (Wildman–Crippen MR) is 80.3 cm³/mol. The van der Waals surface area contributed by atoms with Crippen LogP contribution in [0.3, 0.4) is 0 Å². The van der Waals surface area contributed by atoms with Crippen LogP contribution in [-0.4, -0.2) is 29.3 Å². The number of piperidine rings is 2. The number of hydrogen-bond acceptors (Lipinski definition) is 2. The van der Waals surface area contributed by atoms with Crippen molar-refractivity contribution in [3.05, 3.63) is 0 Å². The normalized spacial score (nSPS) is 28.1. The summed E-state index contributed by atoms with van der Waals surface area (Å²) in [5, 5.41) is 0. The minimum Gasteiger partial charge on any atom is -0.300 e. The number of hydrogen-bond donors (Lipinski definition) is 0. The lowest BCUT2D eigenvalue weighted by Gasteiger charge is -2.45. The predicted octanol–water partition coefficient (Wildman–Crippen LogP) is 4.18. The third-order valence-electron chi connectivity index (χ3n) is 4.89. The lowest BCUT2D eigenvalue weighted by Crippen LogP contribution is -2.52. The quantitative estimate of drug-likeness (QED) is 0.644. The minimum atomic E-state index is 0.517. The first-order valence-corrected chi connectivity index (χ1v) is 8.44. The van der Waals surface area contributed by atoms with Gasteiger partial charge in [0, 0.05) is 24.9 Å². The molecule has 0 saturated carbocycles. The van der Waals surface area contributed by atoms with E-state index < -0.39 is 0 Å². The van der Waals surface area contributed by atoms with Crippen LogP contribution in [0.1, 0.15) is 78.1 Å². The van der Waals surface area contributed by atoms with Crippen LogP contribution in [0, 0.1) is 5.92 Å². The number of Topliss-reactive ketones (excluding diaryl/α,β-unsaturated/α-hetero) is 1. The second-order valence-electron chi connectivity index (χ2n) is 7.02. The maximum Gasteiger partial charge on any atom is 0.136 e. The van der Waals surface area contributed by atoms with Crippen LogP contribution in [0.15, 0.2) is 0 Å². The number of ketones is 1. The van der Waals surface area contributed by atoms with Crippen molar-refractivity contribution in [2.24, 2.45) is 5.92 Å². The van der Waals surface area contributed by atoms with Crippen molar-refractivity contribution in [2.45, 2.75) is 90.1 Å². The van der Waals surface area contributed by atoms with Crippen molar-refractivity contribution >= 4 is 5.78 Å². The molecule has 0 aromatic carbocycles. The molecule has 0 aliphatic carbocycles. The smallest absolute Gasteiger partial charge is 0.136 e. The number of carbonyl (C=O) groups is 1. The lowest BCUT2D eigenvalue weighted by molar-refractivity contribution is -0.127. The van der Waals surface area contributed by atoms with Crippen molar-refractivity contribution < 1.29 is 4.79 Å². The molecule has 0 radical (unpaired) electrons. The van der Waals surface area contributed by atoms with Gasteiger partial charge in [-0.1, -0.05) is 46.0 Å². The molecule has 0 aromatic rings. The van der Waals surface area contributed by atoms with E-state index in [4.69, 9.17) is 0 Å². The van der Waals surface area contributed by atoms with E-state index in [1.807, 2.05) is 0 Å². The SMILES string of the molecule is CC(C)CCCCCCN1C2CCCC1CC(=O)C2. The molecule has 0 aromatic heterocycles. The molecule has 2 aliphatic rings. The molecule has 110 valence electrons. The van der Waals surface area contributed by atoms with Gasteiger partial charge in [-0.25, -0.2) is 0 Å². The molecule has 2 unspecified atom stereocenters. The summed E-state index contributed by atoms with van der Waals surface area (Å²) in [5.41, 5.74) is 0. The van der Waals surface area contributed by atoms with Crippen molar-refractivity contribution in [3.8, 4) is 0 Å². The molecule has 2 nitrogen and oxygen atoms in total. The summed E-state index contributed by atoms with van der Waals surface area (Å²) in [6, 6.07) is 1.19. The fourth-order valence-electron chi connectivity index (χ4n) is 3.83. The number of unbranched alkanes of at least 4 members (excludes halogenated alkanes) is 3. The van der Waals surface area contributed by atoms with E-state index in [9.17, 15) is 4.79 Å². The molecule has 2 heteroatoms. The van der Waals surface area contributed by atoms with Gasteiger partial charge in [0.1, 0.15) is 5.78 Å². The summed E-state index contributed by atoms with van der Waals surface area (Å²) in [7, 11) is 0. The van der Waals surface area contributed by atoms with E-state index in [-0.39, 0.29) is 0 Å². The Morgan fingerprint density at radius 1 is 1.05 bits per heavy atom. The minimum absolute atomic E-state index is 0.517. The van der Waals surface area contributed by atoms with Gasteiger partial charge in [0.05, 0.1) is 0 Å². The van der Waals surface area contributed by atoms with Gasteiger partial charge in [-0.15, -0.1) is 0 Å². The Labute approximate surface area is 118 Å². The monoisotopic (exact) mass is 265 g/mol. The fourth-order valence-corrected chi connectivity index (χ4v) is 3.83. The highest BCUT2D eigenvalue weighted by atomic mass is 16.1. The molecular formula is C17H31NO. The van der Waals surface area contributed by atoms with Crippen LogP contribution in [0.2, 0.25) is 0 Å². The topological polar surface area (TPSA) is 20.3 Å². The van der Waals surface area contributed by atoms with Gasteiger partial charge in [0.2, 0.25) is 0 Å². The third kappa shape index (κ3) is 4.59. The largest absolute Gasteiger partial charge is 0.300 e. The van der Waals surface area contributed by atoms with Gasteiger partial charge in [-0.2, -0.15) is 0 Å².